The molecule has 8 heavy (non-hydrogen) atoms. The molecule has 0 aromatic heterocycles. The first-order valence-electron chi connectivity index (χ1n) is 3.21. The Bertz CT molecular complexity index is 130. The summed E-state index contributed by atoms with van der Waals surface area (Å²) in [7, 11) is 0. The minimum Gasteiger partial charge on any atom is -0.106 e. The second kappa shape index (κ2) is 1.82. The molecule has 1 fully saturated rings. The van der Waals surface area contributed by atoms with Crippen molar-refractivity contribution in [3.8, 4) is 11.8 Å². The highest BCUT2D eigenvalue weighted by Gasteiger charge is 2.28. The van der Waals surface area contributed by atoms with E-state index in [1.807, 2.05) is 6.92 Å². The molecule has 0 amide bonds. The van der Waals surface area contributed by atoms with Crippen molar-refractivity contribution < 1.29 is 0 Å². The second-order valence-corrected chi connectivity index (χ2v) is 2.79. The highest BCUT2D eigenvalue weighted by Crippen LogP contribution is 2.39. The predicted octanol–water partition coefficient (Wildman–Crippen LogP) is 2.20. The fraction of sp³-hybridized carbons (Fsp3) is 0.750. The molecule has 0 bridgehead atoms. The van der Waals surface area contributed by atoms with Crippen molar-refractivity contribution in [1.82, 2.24) is 0 Å². The minimum absolute atomic E-state index is 0.411. The van der Waals surface area contributed by atoms with Crippen LogP contribution in [0.2, 0.25) is 0 Å². The first-order valence-corrected chi connectivity index (χ1v) is 3.21. The monoisotopic (exact) mass is 108 g/mol. The third-order valence-electron chi connectivity index (χ3n) is 1.88. The van der Waals surface area contributed by atoms with Crippen LogP contribution in [-0.4, -0.2) is 0 Å². The first kappa shape index (κ1) is 5.69. The molecular weight excluding hydrogens is 96.1 g/mol. The van der Waals surface area contributed by atoms with Crippen molar-refractivity contribution in [2.45, 2.75) is 33.1 Å². The average Bonchev–Trinajstić information content (AvgIpc) is 1.64. The van der Waals surface area contributed by atoms with Gasteiger partial charge in [0.15, 0.2) is 0 Å². The molecule has 1 aliphatic carbocycles. The van der Waals surface area contributed by atoms with Gasteiger partial charge < -0.3 is 0 Å². The Labute approximate surface area is 51.3 Å². The third kappa shape index (κ3) is 0.865. The summed E-state index contributed by atoms with van der Waals surface area (Å²) in [6, 6.07) is 0. The number of hydrogen-bond donors (Lipinski definition) is 0. The molecule has 0 aromatic carbocycles. The van der Waals surface area contributed by atoms with Crippen molar-refractivity contribution in [3.05, 3.63) is 0 Å². The van der Waals surface area contributed by atoms with Gasteiger partial charge in [0.1, 0.15) is 0 Å². The van der Waals surface area contributed by atoms with Gasteiger partial charge in [-0.05, 0) is 26.7 Å². The molecule has 0 N–H and O–H groups in total. The summed E-state index contributed by atoms with van der Waals surface area (Å²) in [6.45, 7) is 4.16. The summed E-state index contributed by atoms with van der Waals surface area (Å²) in [5.74, 6) is 6.17. The van der Waals surface area contributed by atoms with Crippen LogP contribution in [0, 0.1) is 17.3 Å². The van der Waals surface area contributed by atoms with E-state index in [2.05, 4.69) is 18.8 Å². The maximum absolute atomic E-state index is 3.21. The van der Waals surface area contributed by atoms with Gasteiger partial charge in [-0.1, -0.05) is 12.3 Å². The molecule has 0 atom stereocenters. The summed E-state index contributed by atoms with van der Waals surface area (Å²) in [5, 5.41) is 0. The minimum atomic E-state index is 0.411. The fourth-order valence-electron chi connectivity index (χ4n) is 1.13. The predicted molar refractivity (Wildman–Crippen MR) is 35.4 cm³/mol. The van der Waals surface area contributed by atoms with Crippen LogP contribution in [0.15, 0.2) is 0 Å². The zero-order valence-electron chi connectivity index (χ0n) is 5.62. The van der Waals surface area contributed by atoms with Crippen LogP contribution in [0.4, 0.5) is 0 Å². The van der Waals surface area contributed by atoms with E-state index in [4.69, 9.17) is 0 Å². The lowest BCUT2D eigenvalue weighted by Crippen LogP contribution is -2.22. The van der Waals surface area contributed by atoms with Gasteiger partial charge in [0, 0.05) is 5.41 Å². The smallest absolute Gasteiger partial charge is 0.0286 e. The molecule has 0 aliphatic heterocycles. The lowest BCUT2D eigenvalue weighted by molar-refractivity contribution is 0.248. The summed E-state index contributed by atoms with van der Waals surface area (Å²) >= 11 is 0. The first-order chi connectivity index (χ1) is 3.77. The van der Waals surface area contributed by atoms with Crippen LogP contribution in [0.25, 0.3) is 0 Å². The van der Waals surface area contributed by atoms with Gasteiger partial charge >= 0.3 is 0 Å². The molecule has 1 aliphatic rings. The quantitative estimate of drug-likeness (QED) is 0.417. The van der Waals surface area contributed by atoms with E-state index in [1.165, 1.54) is 19.3 Å². The van der Waals surface area contributed by atoms with E-state index in [0.717, 1.165) is 0 Å². The van der Waals surface area contributed by atoms with Gasteiger partial charge in [-0.15, -0.1) is 5.92 Å². The third-order valence-corrected chi connectivity index (χ3v) is 1.88. The van der Waals surface area contributed by atoms with Gasteiger partial charge in [0.05, 0.1) is 0 Å². The zero-order valence-corrected chi connectivity index (χ0v) is 5.62. The molecule has 44 valence electrons. The van der Waals surface area contributed by atoms with Gasteiger partial charge in [-0.2, -0.15) is 0 Å². The van der Waals surface area contributed by atoms with E-state index in [9.17, 15) is 0 Å². The lowest BCUT2D eigenvalue weighted by Gasteiger charge is -2.32. The van der Waals surface area contributed by atoms with Crippen LogP contribution in [0.3, 0.4) is 0 Å². The highest BCUT2D eigenvalue weighted by molar-refractivity contribution is 5.12. The topological polar surface area (TPSA) is 0 Å². The van der Waals surface area contributed by atoms with Crippen molar-refractivity contribution in [2.24, 2.45) is 5.41 Å². The summed E-state index contributed by atoms with van der Waals surface area (Å²) in [6.07, 6.45) is 4.01. The van der Waals surface area contributed by atoms with Gasteiger partial charge in [-0.25, -0.2) is 0 Å². The van der Waals surface area contributed by atoms with E-state index >= 15 is 0 Å². The molecule has 0 heterocycles. The number of rotatable bonds is 0. The molecular formula is C8H12. The largest absolute Gasteiger partial charge is 0.106 e. The zero-order chi connectivity index (χ0) is 6.04. The summed E-state index contributed by atoms with van der Waals surface area (Å²) in [4.78, 5) is 0. The fourth-order valence-corrected chi connectivity index (χ4v) is 1.13. The lowest BCUT2D eigenvalue weighted by atomic mass is 9.71. The van der Waals surface area contributed by atoms with Crippen LogP contribution in [0.5, 0.6) is 0 Å². The van der Waals surface area contributed by atoms with E-state index in [1.54, 1.807) is 0 Å². The molecule has 0 radical (unpaired) electrons. The van der Waals surface area contributed by atoms with Crippen LogP contribution >= 0.6 is 0 Å². The Morgan fingerprint density at radius 1 is 1.38 bits per heavy atom. The van der Waals surface area contributed by atoms with Gasteiger partial charge in [0.25, 0.3) is 0 Å². The molecule has 1 saturated carbocycles. The van der Waals surface area contributed by atoms with E-state index in [-0.39, 0.29) is 0 Å². The second-order valence-electron chi connectivity index (χ2n) is 2.79. The Morgan fingerprint density at radius 3 is 2.12 bits per heavy atom. The Morgan fingerprint density at radius 2 is 2.00 bits per heavy atom. The summed E-state index contributed by atoms with van der Waals surface area (Å²) in [5.41, 5.74) is 0.411. The summed E-state index contributed by atoms with van der Waals surface area (Å²) < 4.78 is 0. The van der Waals surface area contributed by atoms with Gasteiger partial charge in [0.2, 0.25) is 0 Å². The molecule has 0 heteroatoms. The molecule has 0 nitrogen and oxygen atoms in total. The van der Waals surface area contributed by atoms with Gasteiger partial charge in [-0.3, -0.25) is 0 Å². The van der Waals surface area contributed by atoms with Crippen LogP contribution in [0.1, 0.15) is 33.1 Å². The van der Waals surface area contributed by atoms with Crippen molar-refractivity contribution >= 4 is 0 Å². The number of hydrogen-bond acceptors (Lipinski definition) is 0. The highest BCUT2D eigenvalue weighted by atomic mass is 14.3. The van der Waals surface area contributed by atoms with Crippen molar-refractivity contribution in [1.29, 1.82) is 0 Å². The molecule has 0 saturated heterocycles. The van der Waals surface area contributed by atoms with Crippen LogP contribution in [-0.2, 0) is 0 Å². The Kier molecular flexibility index (Phi) is 1.29. The molecule has 0 aromatic rings. The molecule has 0 spiro atoms. The maximum Gasteiger partial charge on any atom is 0.0286 e. The Hall–Kier alpha value is -0.440. The van der Waals surface area contributed by atoms with E-state index in [0.29, 0.717) is 5.41 Å². The van der Waals surface area contributed by atoms with Crippen molar-refractivity contribution in [3.63, 3.8) is 0 Å². The average molecular weight is 108 g/mol. The van der Waals surface area contributed by atoms with Crippen molar-refractivity contribution in [2.75, 3.05) is 0 Å². The standard InChI is InChI=1S/C8H12/c1-3-5-8(2)6-4-7-8/h4,6-7H2,1-2H3. The van der Waals surface area contributed by atoms with Crippen LogP contribution < -0.4 is 0 Å². The maximum atomic E-state index is 3.21. The SMILES string of the molecule is CC#CC1(C)CCC1. The molecule has 0 unspecified atom stereocenters. The molecule has 1 rings (SSSR count). The normalized spacial score (nSPS) is 22.8. The van der Waals surface area contributed by atoms with E-state index < -0.39 is 0 Å². The Balaban J connectivity index is 2.49.